The lowest BCUT2D eigenvalue weighted by Crippen LogP contribution is -2.22. The van der Waals surface area contributed by atoms with E-state index in [1.807, 2.05) is 20.8 Å². The van der Waals surface area contributed by atoms with Gasteiger partial charge in [-0.2, -0.15) is 0 Å². The minimum atomic E-state index is -1.12. The lowest BCUT2D eigenvalue weighted by Gasteiger charge is -2.15. The van der Waals surface area contributed by atoms with Gasteiger partial charge in [-0.05, 0) is 50.8 Å². The van der Waals surface area contributed by atoms with Crippen LogP contribution < -0.4 is 10.9 Å². The smallest absolute Gasteiger partial charge is 0.258 e. The van der Waals surface area contributed by atoms with Crippen LogP contribution in [0.25, 0.3) is 16.5 Å². The van der Waals surface area contributed by atoms with Crippen molar-refractivity contribution in [3.63, 3.8) is 0 Å². The van der Waals surface area contributed by atoms with Gasteiger partial charge in [-0.25, -0.2) is 13.8 Å². The van der Waals surface area contributed by atoms with Crippen LogP contribution in [0.5, 0.6) is 0 Å². The van der Waals surface area contributed by atoms with E-state index in [0.29, 0.717) is 28.5 Å². The van der Waals surface area contributed by atoms with E-state index in [4.69, 9.17) is 0 Å². The largest absolute Gasteiger partial charge is 0.311 e. The molecule has 2 unspecified atom stereocenters. The van der Waals surface area contributed by atoms with Crippen molar-refractivity contribution in [1.29, 1.82) is 0 Å². The van der Waals surface area contributed by atoms with Crippen LogP contribution in [0.3, 0.4) is 0 Å². The Kier molecular flexibility index (Phi) is 10.2. The number of aromatic nitrogens is 2. The third-order valence-electron chi connectivity index (χ3n) is 6.50. The van der Waals surface area contributed by atoms with Crippen LogP contribution in [0.1, 0.15) is 73.3 Å². The molecular formula is C29H37F2N3O3. The van der Waals surface area contributed by atoms with Crippen molar-refractivity contribution >= 4 is 34.0 Å². The van der Waals surface area contributed by atoms with E-state index >= 15 is 4.39 Å². The molecule has 1 N–H and O–H groups in total. The maximum atomic E-state index is 15.6. The molecule has 0 spiro atoms. The zero-order valence-corrected chi connectivity index (χ0v) is 23.0. The monoisotopic (exact) mass is 513 g/mol. The molecule has 1 saturated carbocycles. The summed E-state index contributed by atoms with van der Waals surface area (Å²) in [7, 11) is 1.58. The highest BCUT2D eigenvalue weighted by molar-refractivity contribution is 6.01. The number of alkyl halides is 1. The Morgan fingerprint density at radius 1 is 1.19 bits per heavy atom. The van der Waals surface area contributed by atoms with Crippen molar-refractivity contribution in [2.75, 3.05) is 5.32 Å². The number of rotatable bonds is 8. The van der Waals surface area contributed by atoms with E-state index in [9.17, 15) is 18.8 Å². The highest BCUT2D eigenvalue weighted by Gasteiger charge is 2.43. The summed E-state index contributed by atoms with van der Waals surface area (Å²) >= 11 is 0. The third-order valence-corrected chi connectivity index (χ3v) is 6.50. The summed E-state index contributed by atoms with van der Waals surface area (Å²) < 4.78 is 30.2. The van der Waals surface area contributed by atoms with Crippen molar-refractivity contribution in [2.45, 2.75) is 73.9 Å². The van der Waals surface area contributed by atoms with E-state index in [1.165, 1.54) is 10.8 Å². The number of halogens is 2. The number of fused-ring (bicyclic) bond motifs is 1. The van der Waals surface area contributed by atoms with Gasteiger partial charge < -0.3 is 9.88 Å². The molecule has 1 aliphatic rings. The van der Waals surface area contributed by atoms with Crippen molar-refractivity contribution < 1.29 is 18.4 Å². The van der Waals surface area contributed by atoms with E-state index < -0.39 is 23.8 Å². The topological polar surface area (TPSA) is 81.1 Å². The number of anilines is 1. The summed E-state index contributed by atoms with van der Waals surface area (Å²) in [4.78, 5) is 42.1. The number of hydrogen-bond acceptors (Lipinski definition) is 4. The second-order valence-electron chi connectivity index (χ2n) is 8.82. The van der Waals surface area contributed by atoms with Crippen LogP contribution in [0, 0.1) is 5.92 Å². The second kappa shape index (κ2) is 12.7. The summed E-state index contributed by atoms with van der Waals surface area (Å²) in [6.07, 6.45) is 2.94. The lowest BCUT2D eigenvalue weighted by molar-refractivity contribution is -0.117. The minimum absolute atomic E-state index is 0.0673. The standard InChI is InChI=1S/C27H31F2N3O3.C2H6/c1-7-14(4)24(22(33)9-3)25(29)15(5)17(8-2)18-10-16-13-30-23(12-21(16)32(6)27(18)35)31-26(34)19-11-20(19)28;1-2/h8,10,12-13,19-20H,7,9,11H2,1-6H3,(H,30,31,34);1-2H3/b17-8+,24-14+,25-15+;. The van der Waals surface area contributed by atoms with E-state index in [1.54, 1.807) is 53.0 Å². The van der Waals surface area contributed by atoms with Crippen LogP contribution in [-0.2, 0) is 16.6 Å². The van der Waals surface area contributed by atoms with E-state index in [0.717, 1.165) is 0 Å². The van der Waals surface area contributed by atoms with Crippen LogP contribution in [0.4, 0.5) is 14.6 Å². The lowest BCUT2D eigenvalue weighted by atomic mass is 9.92. The van der Waals surface area contributed by atoms with Crippen molar-refractivity contribution in [1.82, 2.24) is 9.55 Å². The van der Waals surface area contributed by atoms with Gasteiger partial charge in [-0.1, -0.05) is 39.3 Å². The zero-order valence-electron chi connectivity index (χ0n) is 23.0. The SMILES string of the molecule is CC.C\C=C(/C(C)=C(F)\C(C(=O)CC)=C(/C)CC)c1cc2cnc(NC(=O)C3CC3F)cc2n(C)c1=O. The number of nitrogens with one attached hydrogen (secondary N) is 1. The molecule has 0 saturated heterocycles. The number of pyridine rings is 2. The first kappa shape index (κ1) is 29.8. The number of ketones is 1. The van der Waals surface area contributed by atoms with Crippen LogP contribution in [0.2, 0.25) is 0 Å². The molecule has 2 heterocycles. The first-order chi connectivity index (χ1) is 17.5. The summed E-state index contributed by atoms with van der Waals surface area (Å²) in [5.74, 6) is -1.79. The Morgan fingerprint density at radius 3 is 2.32 bits per heavy atom. The van der Waals surface area contributed by atoms with Gasteiger partial charge in [0.05, 0.1) is 17.0 Å². The quantitative estimate of drug-likeness (QED) is 0.318. The van der Waals surface area contributed by atoms with Gasteiger partial charge in [0.25, 0.3) is 5.56 Å². The molecular weight excluding hydrogens is 476 g/mol. The molecule has 2 aromatic heterocycles. The Bertz CT molecular complexity index is 1350. The van der Waals surface area contributed by atoms with Crippen LogP contribution in [-0.4, -0.2) is 27.4 Å². The Balaban J connectivity index is 0.00000235. The molecule has 2 atom stereocenters. The van der Waals surface area contributed by atoms with Gasteiger partial charge >= 0.3 is 0 Å². The number of nitrogens with zero attached hydrogens (tertiary/aromatic N) is 2. The Labute approximate surface area is 217 Å². The number of carbonyl (C=O) groups excluding carboxylic acids is 2. The molecule has 1 fully saturated rings. The first-order valence-corrected chi connectivity index (χ1v) is 12.8. The number of hydrogen-bond donors (Lipinski definition) is 1. The molecule has 0 radical (unpaired) electrons. The molecule has 1 amide bonds. The van der Waals surface area contributed by atoms with Crippen LogP contribution in [0.15, 0.2) is 51.7 Å². The summed E-state index contributed by atoms with van der Waals surface area (Å²) in [5, 5.41) is 3.19. The van der Waals surface area contributed by atoms with Gasteiger partial charge in [-0.15, -0.1) is 0 Å². The number of allylic oxidation sites excluding steroid dienone is 6. The number of aryl methyl sites for hydroxylation is 1. The van der Waals surface area contributed by atoms with Gasteiger partial charge in [-0.3, -0.25) is 14.4 Å². The molecule has 0 bridgehead atoms. The van der Waals surface area contributed by atoms with Gasteiger partial charge in [0.15, 0.2) is 5.78 Å². The summed E-state index contributed by atoms with van der Waals surface area (Å²) in [5.41, 5.74) is 1.72. The van der Waals surface area contributed by atoms with Gasteiger partial charge in [0.2, 0.25) is 5.91 Å². The molecule has 1 aliphatic carbocycles. The molecule has 3 rings (SSSR count). The maximum absolute atomic E-state index is 15.6. The number of amides is 1. The highest BCUT2D eigenvalue weighted by Crippen LogP contribution is 2.35. The fourth-order valence-electron chi connectivity index (χ4n) is 4.06. The van der Waals surface area contributed by atoms with Crippen LogP contribution >= 0.6 is 0 Å². The molecule has 6 nitrogen and oxygen atoms in total. The Morgan fingerprint density at radius 2 is 1.81 bits per heavy atom. The number of Topliss-reactive ketones (excluding diaryl/α,β-unsaturated/α-hetero) is 1. The average molecular weight is 514 g/mol. The second-order valence-corrected chi connectivity index (χ2v) is 8.82. The molecule has 8 heteroatoms. The summed E-state index contributed by atoms with van der Waals surface area (Å²) in [6, 6.07) is 3.18. The Hall–Kier alpha value is -3.42. The molecule has 37 heavy (non-hydrogen) atoms. The maximum Gasteiger partial charge on any atom is 0.258 e. The van der Waals surface area contributed by atoms with E-state index in [2.05, 4.69) is 10.3 Å². The predicted molar refractivity (Wildman–Crippen MR) is 146 cm³/mol. The van der Waals surface area contributed by atoms with Gasteiger partial charge in [0, 0.05) is 36.7 Å². The van der Waals surface area contributed by atoms with Crippen molar-refractivity contribution in [3.8, 4) is 0 Å². The predicted octanol–water partition coefficient (Wildman–Crippen LogP) is 6.61. The molecule has 0 aromatic carbocycles. The van der Waals surface area contributed by atoms with E-state index in [-0.39, 0.29) is 46.7 Å². The normalized spacial score (nSPS) is 18.4. The molecule has 2 aromatic rings. The minimum Gasteiger partial charge on any atom is -0.311 e. The van der Waals surface area contributed by atoms with Gasteiger partial charge in [0.1, 0.15) is 17.8 Å². The number of carbonyl (C=O) groups is 2. The first-order valence-electron chi connectivity index (χ1n) is 12.8. The van der Waals surface area contributed by atoms with Crippen molar-refractivity contribution in [2.24, 2.45) is 13.0 Å². The fourth-order valence-corrected chi connectivity index (χ4v) is 4.06. The summed E-state index contributed by atoms with van der Waals surface area (Å²) in [6.45, 7) is 12.6. The molecule has 200 valence electrons. The molecule has 0 aliphatic heterocycles. The average Bonchev–Trinajstić information content (AvgIpc) is 3.65. The van der Waals surface area contributed by atoms with Crippen molar-refractivity contribution in [3.05, 3.63) is 62.9 Å². The fraction of sp³-hybridized carbons (Fsp3) is 0.448. The zero-order chi connectivity index (χ0) is 28.0. The third kappa shape index (κ3) is 6.29. The highest BCUT2D eigenvalue weighted by atomic mass is 19.1.